The average molecular weight is 474 g/mol. The highest BCUT2D eigenvalue weighted by molar-refractivity contribution is 7.14. The molecule has 0 aliphatic heterocycles. The van der Waals surface area contributed by atoms with Crippen molar-refractivity contribution >= 4 is 28.1 Å². The number of hydrogen-bond donors (Lipinski definition) is 2. The van der Waals surface area contributed by atoms with Gasteiger partial charge in [0.2, 0.25) is 0 Å². The van der Waals surface area contributed by atoms with Gasteiger partial charge in [0.15, 0.2) is 16.6 Å². The van der Waals surface area contributed by atoms with Crippen molar-refractivity contribution in [2.75, 3.05) is 26.1 Å². The molecule has 34 heavy (non-hydrogen) atoms. The molecule has 0 bridgehead atoms. The molecule has 0 saturated heterocycles. The Morgan fingerprint density at radius 1 is 0.912 bits per heavy atom. The average Bonchev–Trinajstić information content (AvgIpc) is 3.36. The van der Waals surface area contributed by atoms with E-state index in [9.17, 15) is 4.79 Å². The summed E-state index contributed by atoms with van der Waals surface area (Å²) < 4.78 is 10.6. The second-order valence-electron chi connectivity index (χ2n) is 7.65. The topological polar surface area (TPSA) is 72.5 Å². The lowest BCUT2D eigenvalue weighted by Crippen LogP contribution is -2.26. The lowest BCUT2D eigenvalue weighted by Gasteiger charge is -2.18. The van der Waals surface area contributed by atoms with Crippen LogP contribution in [-0.4, -0.2) is 31.7 Å². The van der Waals surface area contributed by atoms with Crippen molar-refractivity contribution in [3.05, 3.63) is 101 Å². The molecule has 7 heteroatoms. The van der Waals surface area contributed by atoms with Gasteiger partial charge in [0, 0.05) is 29.6 Å². The molecule has 1 heterocycles. The molecule has 4 aromatic rings. The molecular weight excluding hydrogens is 446 g/mol. The molecule has 2 N–H and O–H groups in total. The fourth-order valence-corrected chi connectivity index (χ4v) is 4.50. The Balaban J connectivity index is 1.37. The van der Waals surface area contributed by atoms with Gasteiger partial charge in [-0.15, -0.1) is 11.3 Å². The zero-order chi connectivity index (χ0) is 23.8. The van der Waals surface area contributed by atoms with Crippen LogP contribution >= 0.6 is 11.3 Å². The van der Waals surface area contributed by atoms with E-state index in [1.807, 2.05) is 54.6 Å². The minimum atomic E-state index is -0.184. The van der Waals surface area contributed by atoms with Crippen LogP contribution in [0.15, 0.2) is 84.2 Å². The summed E-state index contributed by atoms with van der Waals surface area (Å²) in [6, 6.07) is 26.3. The second-order valence-corrected chi connectivity index (χ2v) is 8.51. The Labute approximate surface area is 203 Å². The van der Waals surface area contributed by atoms with Crippen LogP contribution in [0, 0.1) is 0 Å². The number of nitrogens with one attached hydrogen (secondary N) is 2. The summed E-state index contributed by atoms with van der Waals surface area (Å²) >= 11 is 1.37. The van der Waals surface area contributed by atoms with Crippen molar-refractivity contribution in [2.45, 2.75) is 12.3 Å². The van der Waals surface area contributed by atoms with Gasteiger partial charge in [-0.05, 0) is 29.7 Å². The van der Waals surface area contributed by atoms with Crippen LogP contribution in [0.25, 0.3) is 0 Å². The van der Waals surface area contributed by atoms with E-state index in [-0.39, 0.29) is 11.8 Å². The highest BCUT2D eigenvalue weighted by atomic mass is 32.1. The Kier molecular flexibility index (Phi) is 7.78. The molecule has 0 spiro atoms. The molecule has 3 aromatic carbocycles. The van der Waals surface area contributed by atoms with Crippen molar-refractivity contribution in [1.82, 2.24) is 10.3 Å². The Morgan fingerprint density at radius 2 is 1.56 bits per heavy atom. The van der Waals surface area contributed by atoms with Crippen LogP contribution in [0.2, 0.25) is 0 Å². The van der Waals surface area contributed by atoms with Gasteiger partial charge in [-0.1, -0.05) is 60.7 Å². The van der Waals surface area contributed by atoms with Gasteiger partial charge in [0.25, 0.3) is 5.91 Å². The Morgan fingerprint density at radius 3 is 2.18 bits per heavy atom. The normalized spacial score (nSPS) is 10.7. The van der Waals surface area contributed by atoms with Crippen LogP contribution in [0.5, 0.6) is 11.5 Å². The van der Waals surface area contributed by atoms with Crippen LogP contribution in [-0.2, 0) is 0 Å². The summed E-state index contributed by atoms with van der Waals surface area (Å²) in [5, 5.41) is 8.62. The van der Waals surface area contributed by atoms with Gasteiger partial charge in [0.05, 0.1) is 14.2 Å². The molecule has 0 fully saturated rings. The molecule has 6 nitrogen and oxygen atoms in total. The van der Waals surface area contributed by atoms with Crippen molar-refractivity contribution in [1.29, 1.82) is 0 Å². The Hall–Kier alpha value is -3.84. The molecular formula is C27H27N3O3S. The van der Waals surface area contributed by atoms with Crippen molar-refractivity contribution in [2.24, 2.45) is 0 Å². The first-order valence-electron chi connectivity index (χ1n) is 11.0. The molecule has 0 saturated carbocycles. The number of carbonyl (C=O) groups excluding carboxylic acids is 1. The number of rotatable bonds is 10. The van der Waals surface area contributed by atoms with Gasteiger partial charge in [-0.3, -0.25) is 4.79 Å². The van der Waals surface area contributed by atoms with Crippen LogP contribution < -0.4 is 20.1 Å². The van der Waals surface area contributed by atoms with Gasteiger partial charge < -0.3 is 20.1 Å². The fraction of sp³-hybridized carbons (Fsp3) is 0.185. The molecule has 0 radical (unpaired) electrons. The number of nitrogens with zero attached hydrogens (tertiary/aromatic N) is 1. The van der Waals surface area contributed by atoms with E-state index in [0.29, 0.717) is 28.9 Å². The Bertz CT molecular complexity index is 1170. The first-order chi connectivity index (χ1) is 16.7. The maximum atomic E-state index is 12.7. The zero-order valence-corrected chi connectivity index (χ0v) is 20.0. The third kappa shape index (κ3) is 5.74. The van der Waals surface area contributed by atoms with Crippen LogP contribution in [0.4, 0.5) is 10.8 Å². The molecule has 1 amide bonds. The third-order valence-corrected chi connectivity index (χ3v) is 6.25. The summed E-state index contributed by atoms with van der Waals surface area (Å²) in [7, 11) is 3.19. The van der Waals surface area contributed by atoms with Crippen LogP contribution in [0.3, 0.4) is 0 Å². The molecule has 0 atom stereocenters. The lowest BCUT2D eigenvalue weighted by molar-refractivity contribution is 0.0948. The molecule has 0 unspecified atom stereocenters. The molecule has 0 aliphatic carbocycles. The number of anilines is 2. The predicted octanol–water partition coefficient (Wildman–Crippen LogP) is 5.86. The van der Waals surface area contributed by atoms with Gasteiger partial charge in [-0.25, -0.2) is 4.98 Å². The van der Waals surface area contributed by atoms with E-state index in [0.717, 1.165) is 12.1 Å². The summed E-state index contributed by atoms with van der Waals surface area (Å²) in [6.07, 6.45) is 0.792. The maximum Gasteiger partial charge on any atom is 0.270 e. The molecule has 174 valence electrons. The molecule has 4 rings (SSSR count). The molecule has 0 aliphatic rings. The summed E-state index contributed by atoms with van der Waals surface area (Å²) in [5.41, 5.74) is 3.66. The van der Waals surface area contributed by atoms with E-state index in [1.165, 1.54) is 22.5 Å². The van der Waals surface area contributed by atoms with Crippen molar-refractivity contribution < 1.29 is 14.3 Å². The first kappa shape index (κ1) is 23.3. The minimum absolute atomic E-state index is 0.184. The number of carbonyl (C=O) groups is 1. The highest BCUT2D eigenvalue weighted by Gasteiger charge is 2.16. The predicted molar refractivity (Wildman–Crippen MR) is 137 cm³/mol. The van der Waals surface area contributed by atoms with Gasteiger partial charge in [-0.2, -0.15) is 0 Å². The number of ether oxygens (including phenoxy) is 2. The number of aromatic nitrogens is 1. The monoisotopic (exact) mass is 473 g/mol. The van der Waals surface area contributed by atoms with E-state index in [1.54, 1.807) is 19.6 Å². The van der Waals surface area contributed by atoms with E-state index >= 15 is 0 Å². The van der Waals surface area contributed by atoms with Crippen LogP contribution in [0.1, 0.15) is 34.0 Å². The maximum absolute atomic E-state index is 12.7. The van der Waals surface area contributed by atoms with Gasteiger partial charge >= 0.3 is 0 Å². The first-order valence-corrected chi connectivity index (χ1v) is 11.9. The summed E-state index contributed by atoms with van der Waals surface area (Å²) in [4.78, 5) is 17.2. The van der Waals surface area contributed by atoms with Crippen molar-refractivity contribution in [3.8, 4) is 11.5 Å². The lowest BCUT2D eigenvalue weighted by atomic mass is 9.88. The third-order valence-electron chi connectivity index (χ3n) is 5.49. The van der Waals surface area contributed by atoms with E-state index in [2.05, 4.69) is 39.9 Å². The standard InChI is InChI=1S/C27H27N3O3S/c1-32-24-14-13-21(17-25(24)33-2)29-27-30-23(18-34-27)26(31)28-16-15-22(19-9-5-3-6-10-19)20-11-7-4-8-12-20/h3-14,17-18,22H,15-16H2,1-2H3,(H,28,31)(H,29,30). The highest BCUT2D eigenvalue weighted by Crippen LogP contribution is 2.32. The molecule has 1 aromatic heterocycles. The number of amides is 1. The van der Waals surface area contributed by atoms with Gasteiger partial charge in [0.1, 0.15) is 5.69 Å². The van der Waals surface area contributed by atoms with E-state index in [4.69, 9.17) is 9.47 Å². The smallest absolute Gasteiger partial charge is 0.270 e. The zero-order valence-electron chi connectivity index (χ0n) is 19.2. The number of benzene rings is 3. The minimum Gasteiger partial charge on any atom is -0.493 e. The second kappa shape index (κ2) is 11.3. The summed E-state index contributed by atoms with van der Waals surface area (Å²) in [6.45, 7) is 0.545. The number of hydrogen-bond acceptors (Lipinski definition) is 6. The van der Waals surface area contributed by atoms with Crippen molar-refractivity contribution in [3.63, 3.8) is 0 Å². The SMILES string of the molecule is COc1ccc(Nc2nc(C(=O)NCCC(c3ccccc3)c3ccccc3)cs2)cc1OC. The number of thiazole rings is 1. The quantitative estimate of drug-likeness (QED) is 0.302. The van der Waals surface area contributed by atoms with E-state index < -0.39 is 0 Å². The fourth-order valence-electron chi connectivity index (χ4n) is 3.79. The summed E-state index contributed by atoms with van der Waals surface area (Å²) in [5.74, 6) is 1.29. The number of methoxy groups -OCH3 is 2. The largest absolute Gasteiger partial charge is 0.493 e.